The van der Waals surface area contributed by atoms with E-state index < -0.39 is 0 Å². The van der Waals surface area contributed by atoms with E-state index >= 15 is 0 Å². The molecule has 1 heterocycles. The van der Waals surface area contributed by atoms with Crippen LogP contribution in [0.3, 0.4) is 0 Å². The number of hydrogen-bond donors (Lipinski definition) is 2. The zero-order valence-electron chi connectivity index (χ0n) is 17.1. The van der Waals surface area contributed by atoms with Crippen molar-refractivity contribution in [1.29, 1.82) is 0 Å². The molecule has 30 heavy (non-hydrogen) atoms. The van der Waals surface area contributed by atoms with Gasteiger partial charge in [0.2, 0.25) is 5.91 Å². The summed E-state index contributed by atoms with van der Waals surface area (Å²) in [6, 6.07) is 16.0. The van der Waals surface area contributed by atoms with Gasteiger partial charge < -0.3 is 20.1 Å². The second-order valence-corrected chi connectivity index (χ2v) is 6.52. The maximum absolute atomic E-state index is 12.6. The van der Waals surface area contributed by atoms with Gasteiger partial charge >= 0.3 is 0 Å². The van der Waals surface area contributed by atoms with Crippen molar-refractivity contribution in [3.05, 3.63) is 71.9 Å². The Bertz CT molecular complexity index is 1050. The lowest BCUT2D eigenvalue weighted by atomic mass is 10.1. The molecule has 7 heteroatoms. The summed E-state index contributed by atoms with van der Waals surface area (Å²) in [5.74, 6) is 0.976. The molecule has 7 nitrogen and oxygen atoms in total. The van der Waals surface area contributed by atoms with Crippen LogP contribution in [0, 0.1) is 0 Å². The molecule has 3 aromatic rings. The number of benzene rings is 2. The van der Waals surface area contributed by atoms with Gasteiger partial charge in [-0.05, 0) is 42.5 Å². The lowest BCUT2D eigenvalue weighted by Crippen LogP contribution is -2.23. The molecule has 3 rings (SSSR count). The van der Waals surface area contributed by atoms with Gasteiger partial charge in [0, 0.05) is 36.4 Å². The monoisotopic (exact) mass is 405 g/mol. The first kappa shape index (κ1) is 20.9. The topological polar surface area (TPSA) is 89.6 Å². The SMILES string of the molecule is COc1ccc(OC)c(CNC(=O)c2ccc(-c3ncccc3NC(C)=O)cc2)c1. The summed E-state index contributed by atoms with van der Waals surface area (Å²) in [5.41, 5.74) is 3.38. The van der Waals surface area contributed by atoms with E-state index in [4.69, 9.17) is 9.47 Å². The second-order valence-electron chi connectivity index (χ2n) is 6.52. The molecule has 2 amide bonds. The molecule has 0 aliphatic heterocycles. The molecule has 154 valence electrons. The molecule has 0 atom stereocenters. The Balaban J connectivity index is 1.73. The molecule has 1 aromatic heterocycles. The normalized spacial score (nSPS) is 10.2. The van der Waals surface area contributed by atoms with Crippen LogP contribution < -0.4 is 20.1 Å². The first-order chi connectivity index (χ1) is 14.5. The lowest BCUT2D eigenvalue weighted by molar-refractivity contribution is -0.114. The Morgan fingerprint density at radius 2 is 1.77 bits per heavy atom. The molecule has 0 spiro atoms. The Kier molecular flexibility index (Phi) is 6.64. The van der Waals surface area contributed by atoms with Gasteiger partial charge in [-0.3, -0.25) is 14.6 Å². The number of aromatic nitrogens is 1. The van der Waals surface area contributed by atoms with Crippen molar-refractivity contribution in [3.8, 4) is 22.8 Å². The van der Waals surface area contributed by atoms with Crippen LogP contribution in [0.5, 0.6) is 11.5 Å². The van der Waals surface area contributed by atoms with Crippen molar-refractivity contribution < 1.29 is 19.1 Å². The fraction of sp³-hybridized carbons (Fsp3) is 0.174. The molecule has 0 aliphatic rings. The number of nitrogens with zero attached hydrogens (tertiary/aromatic N) is 1. The summed E-state index contributed by atoms with van der Waals surface area (Å²) in [5, 5.41) is 5.66. The van der Waals surface area contributed by atoms with Crippen LogP contribution in [0.25, 0.3) is 11.3 Å². The van der Waals surface area contributed by atoms with Crippen LogP contribution >= 0.6 is 0 Å². The van der Waals surface area contributed by atoms with Crippen LogP contribution in [0.1, 0.15) is 22.8 Å². The third kappa shape index (κ3) is 4.94. The summed E-state index contributed by atoms with van der Waals surface area (Å²) in [6.45, 7) is 1.75. The third-order valence-electron chi connectivity index (χ3n) is 4.47. The minimum atomic E-state index is -0.213. The van der Waals surface area contributed by atoms with E-state index in [1.165, 1.54) is 6.92 Å². The van der Waals surface area contributed by atoms with Crippen LogP contribution in [-0.2, 0) is 11.3 Å². The van der Waals surface area contributed by atoms with Crippen LogP contribution in [0.15, 0.2) is 60.8 Å². The van der Waals surface area contributed by atoms with Crippen LogP contribution in [0.4, 0.5) is 5.69 Å². The minimum Gasteiger partial charge on any atom is -0.497 e. The summed E-state index contributed by atoms with van der Waals surface area (Å²) in [4.78, 5) is 28.3. The third-order valence-corrected chi connectivity index (χ3v) is 4.47. The van der Waals surface area contributed by atoms with E-state index in [0.717, 1.165) is 11.1 Å². The fourth-order valence-corrected chi connectivity index (χ4v) is 3.00. The van der Waals surface area contributed by atoms with Gasteiger partial charge in [-0.25, -0.2) is 0 Å². The van der Waals surface area contributed by atoms with Gasteiger partial charge in [0.1, 0.15) is 11.5 Å². The number of nitrogens with one attached hydrogen (secondary N) is 2. The van der Waals surface area contributed by atoms with Crippen molar-refractivity contribution in [2.24, 2.45) is 0 Å². The lowest BCUT2D eigenvalue weighted by Gasteiger charge is -2.12. The highest BCUT2D eigenvalue weighted by molar-refractivity contribution is 5.96. The molecule has 0 fully saturated rings. The highest BCUT2D eigenvalue weighted by atomic mass is 16.5. The van der Waals surface area contributed by atoms with Gasteiger partial charge in [0.15, 0.2) is 0 Å². The van der Waals surface area contributed by atoms with Crippen molar-refractivity contribution >= 4 is 17.5 Å². The smallest absolute Gasteiger partial charge is 0.251 e. The van der Waals surface area contributed by atoms with E-state index in [1.54, 1.807) is 68.9 Å². The molecular weight excluding hydrogens is 382 g/mol. The number of amides is 2. The highest BCUT2D eigenvalue weighted by Crippen LogP contribution is 2.26. The average molecular weight is 405 g/mol. The summed E-state index contributed by atoms with van der Waals surface area (Å²) in [7, 11) is 3.17. The fourth-order valence-electron chi connectivity index (χ4n) is 3.00. The zero-order valence-corrected chi connectivity index (χ0v) is 17.1. The average Bonchev–Trinajstić information content (AvgIpc) is 2.77. The number of pyridine rings is 1. The molecule has 2 aromatic carbocycles. The summed E-state index contributed by atoms with van der Waals surface area (Å²) < 4.78 is 10.6. The van der Waals surface area contributed by atoms with Crippen LogP contribution in [-0.4, -0.2) is 31.0 Å². The molecule has 0 saturated carbocycles. The number of carbonyl (C=O) groups excluding carboxylic acids is 2. The van der Waals surface area contributed by atoms with Crippen molar-refractivity contribution in [2.75, 3.05) is 19.5 Å². The van der Waals surface area contributed by atoms with E-state index in [9.17, 15) is 9.59 Å². The summed E-state index contributed by atoms with van der Waals surface area (Å²) >= 11 is 0. The molecule has 0 unspecified atom stereocenters. The Hall–Kier alpha value is -3.87. The quantitative estimate of drug-likeness (QED) is 0.626. The van der Waals surface area contributed by atoms with Crippen molar-refractivity contribution in [1.82, 2.24) is 10.3 Å². The van der Waals surface area contributed by atoms with Gasteiger partial charge in [0.05, 0.1) is 25.6 Å². The maximum atomic E-state index is 12.6. The Labute approximate surface area is 175 Å². The molecule has 0 aliphatic carbocycles. The van der Waals surface area contributed by atoms with Gasteiger partial charge in [-0.15, -0.1) is 0 Å². The molecule has 0 saturated heterocycles. The standard InChI is InChI=1S/C23H23N3O4/c1-15(27)26-20-5-4-12-24-22(20)16-6-8-17(9-7-16)23(28)25-14-18-13-19(29-2)10-11-21(18)30-3/h4-13H,14H2,1-3H3,(H,25,28)(H,26,27). The highest BCUT2D eigenvalue weighted by Gasteiger charge is 2.11. The largest absolute Gasteiger partial charge is 0.497 e. The molecule has 0 bridgehead atoms. The van der Waals surface area contributed by atoms with E-state index in [1.807, 2.05) is 6.07 Å². The number of anilines is 1. The zero-order chi connectivity index (χ0) is 21.5. The van der Waals surface area contributed by atoms with Crippen molar-refractivity contribution in [3.63, 3.8) is 0 Å². The predicted octanol–water partition coefficient (Wildman–Crippen LogP) is 3.65. The molecule has 2 N–H and O–H groups in total. The first-order valence-corrected chi connectivity index (χ1v) is 9.34. The second kappa shape index (κ2) is 9.56. The van der Waals surface area contributed by atoms with Gasteiger partial charge in [-0.1, -0.05) is 12.1 Å². The van der Waals surface area contributed by atoms with Crippen LogP contribution in [0.2, 0.25) is 0 Å². The number of methoxy groups -OCH3 is 2. The maximum Gasteiger partial charge on any atom is 0.251 e. The number of carbonyl (C=O) groups is 2. The van der Waals surface area contributed by atoms with Crippen molar-refractivity contribution in [2.45, 2.75) is 13.5 Å². The van der Waals surface area contributed by atoms with Gasteiger partial charge in [0.25, 0.3) is 5.91 Å². The minimum absolute atomic E-state index is 0.173. The Morgan fingerprint density at radius 1 is 1.00 bits per heavy atom. The number of ether oxygens (including phenoxy) is 2. The van der Waals surface area contributed by atoms with Gasteiger partial charge in [-0.2, -0.15) is 0 Å². The van der Waals surface area contributed by atoms with E-state index in [0.29, 0.717) is 35.0 Å². The summed E-state index contributed by atoms with van der Waals surface area (Å²) in [6.07, 6.45) is 1.66. The molecular formula is C23H23N3O4. The first-order valence-electron chi connectivity index (χ1n) is 9.34. The van der Waals surface area contributed by atoms with E-state index in [-0.39, 0.29) is 11.8 Å². The van der Waals surface area contributed by atoms with E-state index in [2.05, 4.69) is 15.6 Å². The number of rotatable bonds is 7. The molecule has 0 radical (unpaired) electrons. The Morgan fingerprint density at radius 3 is 2.43 bits per heavy atom. The number of hydrogen-bond acceptors (Lipinski definition) is 5. The predicted molar refractivity (Wildman–Crippen MR) is 115 cm³/mol.